The summed E-state index contributed by atoms with van der Waals surface area (Å²) in [4.78, 5) is 15.8. The van der Waals surface area contributed by atoms with Gasteiger partial charge in [-0.3, -0.25) is 15.0 Å². The van der Waals surface area contributed by atoms with Crippen molar-refractivity contribution in [1.82, 2.24) is 37.0 Å². The molecular weight excluding hydrogens is 442 g/mol. The fourth-order valence-corrected chi connectivity index (χ4v) is 7.30. The Morgan fingerprint density at radius 1 is 1.06 bits per heavy atom. The summed E-state index contributed by atoms with van der Waals surface area (Å²) in [6, 6.07) is 1.08. The first-order valence-electron chi connectivity index (χ1n) is 14.5. The molecule has 2 aliphatic carbocycles. The zero-order valence-electron chi connectivity index (χ0n) is 21.7. The fraction of sp³-hybridized carbons (Fsp3) is 0.962. The van der Waals surface area contributed by atoms with Gasteiger partial charge < -0.3 is 20.7 Å². The Balaban J connectivity index is 1.10. The van der Waals surface area contributed by atoms with Gasteiger partial charge in [0.2, 0.25) is 5.91 Å². The van der Waals surface area contributed by atoms with E-state index in [2.05, 4.69) is 43.9 Å². The first-order valence-corrected chi connectivity index (χ1v) is 14.5. The first kappa shape index (κ1) is 25.8. The van der Waals surface area contributed by atoms with Gasteiger partial charge in [0.05, 0.1) is 25.0 Å². The largest absolute Gasteiger partial charge is 0.379 e. The van der Waals surface area contributed by atoms with E-state index in [4.69, 9.17) is 4.74 Å². The number of nitrogens with one attached hydrogen (secondary N) is 6. The van der Waals surface area contributed by atoms with Gasteiger partial charge in [0.15, 0.2) is 0 Å². The Morgan fingerprint density at radius 3 is 2.83 bits per heavy atom. The molecule has 35 heavy (non-hydrogen) atoms. The van der Waals surface area contributed by atoms with Gasteiger partial charge in [-0.1, -0.05) is 26.2 Å². The molecule has 7 unspecified atom stereocenters. The van der Waals surface area contributed by atoms with E-state index in [9.17, 15) is 4.79 Å². The van der Waals surface area contributed by atoms with Crippen LogP contribution in [0.25, 0.3) is 0 Å². The maximum Gasteiger partial charge on any atom is 0.223 e. The Hall–Kier alpha value is -0.810. The first-order chi connectivity index (χ1) is 17.2. The van der Waals surface area contributed by atoms with Gasteiger partial charge >= 0.3 is 0 Å². The molecule has 3 saturated heterocycles. The van der Waals surface area contributed by atoms with Crippen LogP contribution >= 0.6 is 0 Å². The Morgan fingerprint density at radius 2 is 1.97 bits per heavy atom. The summed E-state index contributed by atoms with van der Waals surface area (Å²) in [5.41, 5.74) is 7.12. The Bertz CT molecular complexity index is 674. The second-order valence-corrected chi connectivity index (χ2v) is 11.6. The standard InChI is InChI=1S/C26H49N7O2/c1-2-12-33-24(31-32-25(33)22-10-11-27-17-29-22)14-28-20-8-5-7-18(13-20)26(34)30-23-16-35-15-19-6-3-4-9-21(19)23/h18-25,27-29,31-32H,2-17H2,1H3,(H,30,34)/t18?,19?,20?,21?,22?,23-,24?,25?/m1/s1. The van der Waals surface area contributed by atoms with E-state index in [1.807, 2.05) is 0 Å². The zero-order chi connectivity index (χ0) is 24.0. The van der Waals surface area contributed by atoms with Crippen molar-refractivity contribution in [2.45, 2.75) is 102 Å². The molecule has 8 atom stereocenters. The number of hydrazine groups is 1. The molecule has 3 heterocycles. The Labute approximate surface area is 211 Å². The van der Waals surface area contributed by atoms with E-state index in [0.29, 0.717) is 36.7 Å². The van der Waals surface area contributed by atoms with Crippen LogP contribution in [-0.4, -0.2) is 80.8 Å². The summed E-state index contributed by atoms with van der Waals surface area (Å²) >= 11 is 0. The second kappa shape index (κ2) is 12.6. The quantitative estimate of drug-likeness (QED) is 0.297. The summed E-state index contributed by atoms with van der Waals surface area (Å²) in [7, 11) is 0. The number of hydrogen-bond acceptors (Lipinski definition) is 8. The monoisotopic (exact) mass is 491 g/mol. The van der Waals surface area contributed by atoms with Crippen molar-refractivity contribution in [1.29, 1.82) is 0 Å². The molecule has 0 radical (unpaired) electrons. The summed E-state index contributed by atoms with van der Waals surface area (Å²) in [5.74, 6) is 1.65. The highest BCUT2D eigenvalue weighted by atomic mass is 16.5. The van der Waals surface area contributed by atoms with Crippen LogP contribution in [0.4, 0.5) is 0 Å². The lowest BCUT2D eigenvalue weighted by molar-refractivity contribution is -0.130. The SMILES string of the molecule is CCCN1C(CNC2CCCC(C(=O)N[C@@H]3COCC4CCCCC43)C2)NNC1C1CCNCN1. The number of rotatable bonds is 8. The van der Waals surface area contributed by atoms with E-state index in [0.717, 1.165) is 71.4 Å². The third-order valence-electron chi connectivity index (χ3n) is 9.23. The van der Waals surface area contributed by atoms with Gasteiger partial charge in [0.1, 0.15) is 0 Å². The number of carbonyl (C=O) groups excluding carboxylic acids is 1. The van der Waals surface area contributed by atoms with Gasteiger partial charge in [0.25, 0.3) is 0 Å². The maximum absolute atomic E-state index is 13.3. The molecule has 3 aliphatic heterocycles. The molecule has 6 N–H and O–H groups in total. The number of nitrogens with zero attached hydrogens (tertiary/aromatic N) is 1. The normalized spacial score (nSPS) is 40.8. The van der Waals surface area contributed by atoms with Gasteiger partial charge in [-0.25, -0.2) is 10.9 Å². The van der Waals surface area contributed by atoms with Crippen LogP contribution in [-0.2, 0) is 9.53 Å². The predicted molar refractivity (Wildman–Crippen MR) is 137 cm³/mol. The minimum Gasteiger partial charge on any atom is -0.379 e. The topological polar surface area (TPSA) is 102 Å². The summed E-state index contributed by atoms with van der Waals surface area (Å²) in [5, 5.41) is 14.3. The molecule has 200 valence electrons. The number of hydrogen-bond donors (Lipinski definition) is 6. The summed E-state index contributed by atoms with van der Waals surface area (Å²) < 4.78 is 5.89. The minimum absolute atomic E-state index is 0.123. The van der Waals surface area contributed by atoms with Crippen LogP contribution in [0.2, 0.25) is 0 Å². The van der Waals surface area contributed by atoms with E-state index in [1.54, 1.807) is 0 Å². The lowest BCUT2D eigenvalue weighted by atomic mass is 9.74. The second-order valence-electron chi connectivity index (χ2n) is 11.6. The summed E-state index contributed by atoms with van der Waals surface area (Å²) in [6.45, 7) is 7.76. The molecule has 0 aromatic rings. The molecular formula is C26H49N7O2. The number of amides is 1. The van der Waals surface area contributed by atoms with Crippen LogP contribution in [0.3, 0.4) is 0 Å². The van der Waals surface area contributed by atoms with Crippen molar-refractivity contribution < 1.29 is 9.53 Å². The van der Waals surface area contributed by atoms with Crippen molar-refractivity contribution in [3.05, 3.63) is 0 Å². The molecule has 0 aromatic carbocycles. The molecule has 5 fully saturated rings. The van der Waals surface area contributed by atoms with Crippen LogP contribution < -0.4 is 32.1 Å². The van der Waals surface area contributed by atoms with Gasteiger partial charge in [0, 0.05) is 44.4 Å². The van der Waals surface area contributed by atoms with Crippen LogP contribution in [0, 0.1) is 17.8 Å². The smallest absolute Gasteiger partial charge is 0.223 e. The van der Waals surface area contributed by atoms with Crippen molar-refractivity contribution in [3.63, 3.8) is 0 Å². The average Bonchev–Trinajstić information content (AvgIpc) is 3.31. The van der Waals surface area contributed by atoms with Crippen LogP contribution in [0.5, 0.6) is 0 Å². The molecule has 0 aromatic heterocycles. The molecule has 2 saturated carbocycles. The van der Waals surface area contributed by atoms with Gasteiger partial charge in [-0.05, 0) is 63.3 Å². The van der Waals surface area contributed by atoms with E-state index < -0.39 is 0 Å². The Kier molecular flexibility index (Phi) is 9.32. The third-order valence-corrected chi connectivity index (χ3v) is 9.23. The molecule has 1 amide bonds. The lowest BCUT2D eigenvalue weighted by Crippen LogP contribution is -2.59. The molecule has 9 heteroatoms. The molecule has 0 spiro atoms. The van der Waals surface area contributed by atoms with E-state index >= 15 is 0 Å². The zero-order valence-corrected chi connectivity index (χ0v) is 21.7. The van der Waals surface area contributed by atoms with E-state index in [1.165, 1.54) is 25.7 Å². The lowest BCUT2D eigenvalue weighted by Gasteiger charge is -2.42. The molecule has 9 nitrogen and oxygen atoms in total. The van der Waals surface area contributed by atoms with Crippen molar-refractivity contribution in [2.75, 3.05) is 39.5 Å². The number of fused-ring (bicyclic) bond motifs is 1. The predicted octanol–water partition coefficient (Wildman–Crippen LogP) is 0.837. The molecule has 0 bridgehead atoms. The molecule has 5 rings (SSSR count). The fourth-order valence-electron chi connectivity index (χ4n) is 7.30. The van der Waals surface area contributed by atoms with Gasteiger partial charge in [-0.15, -0.1) is 0 Å². The molecule has 5 aliphatic rings. The van der Waals surface area contributed by atoms with Crippen molar-refractivity contribution in [3.8, 4) is 0 Å². The summed E-state index contributed by atoms with van der Waals surface area (Å²) in [6.07, 6.45) is 12.2. The minimum atomic E-state index is 0.123. The highest BCUT2D eigenvalue weighted by molar-refractivity contribution is 5.79. The highest BCUT2D eigenvalue weighted by Crippen LogP contribution is 2.36. The average molecular weight is 492 g/mol. The van der Waals surface area contributed by atoms with Crippen molar-refractivity contribution >= 4 is 5.91 Å². The van der Waals surface area contributed by atoms with E-state index in [-0.39, 0.29) is 24.0 Å². The third kappa shape index (κ3) is 6.37. The highest BCUT2D eigenvalue weighted by Gasteiger charge is 2.39. The van der Waals surface area contributed by atoms with Crippen LogP contribution in [0.15, 0.2) is 0 Å². The maximum atomic E-state index is 13.3. The number of carbonyl (C=O) groups is 1. The van der Waals surface area contributed by atoms with Crippen LogP contribution in [0.1, 0.15) is 71.1 Å². The van der Waals surface area contributed by atoms with Gasteiger partial charge in [-0.2, -0.15) is 0 Å². The van der Waals surface area contributed by atoms with Crippen molar-refractivity contribution in [2.24, 2.45) is 17.8 Å². The number of ether oxygens (including phenoxy) is 1.